The molecule has 0 fully saturated rings. The first-order valence-corrected chi connectivity index (χ1v) is 5.63. The Morgan fingerprint density at radius 2 is 1.80 bits per heavy atom. The van der Waals surface area contributed by atoms with E-state index in [1.54, 1.807) is 24.3 Å². The predicted octanol–water partition coefficient (Wildman–Crippen LogP) is -0.881. The van der Waals surface area contributed by atoms with Gasteiger partial charge in [-0.3, -0.25) is 0 Å². The number of rotatable bonds is 1. The molecule has 1 atom stereocenters. The number of anilines is 1. The second kappa shape index (κ2) is 2.95. The monoisotopic (exact) mass is 201 g/mol. The van der Waals surface area contributed by atoms with Crippen molar-refractivity contribution in [2.75, 3.05) is 5.73 Å². The van der Waals surface area contributed by atoms with Gasteiger partial charge in [0.1, 0.15) is 0 Å². The predicted molar refractivity (Wildman–Crippen MR) is 40.5 cm³/mol. The van der Waals surface area contributed by atoms with Crippen LogP contribution in [0.3, 0.4) is 0 Å². The fourth-order valence-corrected chi connectivity index (χ4v) is 1.57. The summed E-state index contributed by atoms with van der Waals surface area (Å²) in [5, 5.41) is 0. The molecule has 0 heterocycles. The summed E-state index contributed by atoms with van der Waals surface area (Å²) in [4.78, 5) is 0. The molecule has 0 spiro atoms. The molecule has 1 rings (SSSR count). The van der Waals surface area contributed by atoms with Crippen molar-refractivity contribution in [2.24, 2.45) is 0 Å². The molecule has 0 aliphatic rings. The average Bonchev–Trinajstić information content (AvgIpc) is 1.88. The molecule has 0 saturated heterocycles. The van der Waals surface area contributed by atoms with Crippen LogP contribution in [0.25, 0.3) is 0 Å². The van der Waals surface area contributed by atoms with E-state index in [1.807, 2.05) is 0 Å². The Balaban J connectivity index is 3.00. The Kier molecular flexibility index (Phi) is 2.20. The van der Waals surface area contributed by atoms with Crippen LogP contribution in [0, 0.1) is 0 Å². The van der Waals surface area contributed by atoms with Crippen molar-refractivity contribution >= 4 is 25.0 Å². The van der Waals surface area contributed by atoms with Crippen LogP contribution < -0.4 is 10.1 Å². The van der Waals surface area contributed by atoms with Gasteiger partial charge in [0.05, 0.1) is 0 Å². The van der Waals surface area contributed by atoms with E-state index >= 15 is 0 Å². The van der Waals surface area contributed by atoms with Gasteiger partial charge in [-0.2, -0.15) is 0 Å². The Morgan fingerprint density at radius 1 is 1.30 bits per heavy atom. The second-order valence-corrected chi connectivity index (χ2v) is 4.42. The van der Waals surface area contributed by atoms with Crippen LogP contribution in [0.1, 0.15) is 0 Å². The van der Waals surface area contributed by atoms with Crippen molar-refractivity contribution in [3.63, 3.8) is 0 Å². The molecule has 0 amide bonds. The second-order valence-electron chi connectivity index (χ2n) is 1.93. The van der Waals surface area contributed by atoms with E-state index in [0.29, 0.717) is 10.0 Å². The van der Waals surface area contributed by atoms with Crippen LogP contribution >= 0.6 is 0 Å². The molecule has 4 heteroatoms. The zero-order chi connectivity index (χ0) is 7.56. The summed E-state index contributed by atoms with van der Waals surface area (Å²) in [6.07, 6.45) is 0. The number of nitrogens with two attached hydrogens (primary N) is 1. The summed E-state index contributed by atoms with van der Waals surface area (Å²) in [7, 11) is 0. The van der Waals surface area contributed by atoms with E-state index < -0.39 is 14.9 Å². The maximum atomic E-state index is 10.5. The minimum absolute atomic E-state index is 0.509. The Bertz CT molecular complexity index is 244. The normalized spacial score (nSPS) is 12.9. The van der Waals surface area contributed by atoms with Crippen LogP contribution in [-0.4, -0.2) is 19.0 Å². The van der Waals surface area contributed by atoms with Crippen LogP contribution in [0.2, 0.25) is 0 Å². The molecule has 1 unspecified atom stereocenters. The van der Waals surface area contributed by atoms with Crippen molar-refractivity contribution < 1.29 is 7.84 Å². The number of nitrogen functional groups attached to an aromatic ring is 1. The molecule has 1 aromatic rings. The molecule has 1 aromatic carbocycles. The molecule has 3 nitrogen and oxygen atoms in total. The third-order valence-corrected chi connectivity index (χ3v) is 2.89. The molecule has 0 radical (unpaired) electrons. The number of hydrogen-bond donors (Lipinski definition) is 2. The van der Waals surface area contributed by atoms with Gasteiger partial charge >= 0.3 is 62.8 Å². The van der Waals surface area contributed by atoms with Crippen LogP contribution in [0.15, 0.2) is 24.3 Å². The molecule has 0 aliphatic heterocycles. The summed E-state index contributed by atoms with van der Waals surface area (Å²) in [6, 6.07) is 6.40. The molecule has 3 N–H and O–H groups in total. The minimum atomic E-state index is -3.10. The Labute approximate surface area is 63.3 Å². The molecule has 0 bridgehead atoms. The van der Waals surface area contributed by atoms with Gasteiger partial charge in [-0.15, -0.1) is 0 Å². The van der Waals surface area contributed by atoms with Crippen LogP contribution in [-0.2, 0) is 3.74 Å². The summed E-state index contributed by atoms with van der Waals surface area (Å²) >= 11 is -3.10. The quantitative estimate of drug-likeness (QED) is 0.458. The molecule has 54 valence electrons. The Morgan fingerprint density at radius 3 is 2.20 bits per heavy atom. The molecular weight excluding hydrogens is 193 g/mol. The summed E-state index contributed by atoms with van der Waals surface area (Å²) in [5.74, 6) is 0. The van der Waals surface area contributed by atoms with Gasteiger partial charge in [0.25, 0.3) is 0 Å². The Hall–Kier alpha value is -0.662. The average molecular weight is 201 g/mol. The van der Waals surface area contributed by atoms with Crippen molar-refractivity contribution in [3.05, 3.63) is 24.3 Å². The molecular formula is C6H8AsNO2. The molecule has 10 heavy (non-hydrogen) atoms. The first-order valence-electron chi connectivity index (χ1n) is 2.79. The van der Waals surface area contributed by atoms with E-state index in [4.69, 9.17) is 9.83 Å². The van der Waals surface area contributed by atoms with E-state index in [2.05, 4.69) is 0 Å². The van der Waals surface area contributed by atoms with Gasteiger partial charge in [-0.25, -0.2) is 0 Å². The van der Waals surface area contributed by atoms with Gasteiger partial charge in [0, 0.05) is 0 Å². The topological polar surface area (TPSA) is 63.3 Å². The van der Waals surface area contributed by atoms with Crippen LogP contribution in [0.5, 0.6) is 0 Å². The summed E-state index contributed by atoms with van der Waals surface area (Å²) in [6.45, 7) is 0. The third kappa shape index (κ3) is 1.66. The summed E-state index contributed by atoms with van der Waals surface area (Å²) < 4.78 is 19.7. The summed E-state index contributed by atoms with van der Waals surface area (Å²) in [5.41, 5.74) is 5.98. The van der Waals surface area contributed by atoms with Crippen molar-refractivity contribution in [3.8, 4) is 0 Å². The van der Waals surface area contributed by atoms with Gasteiger partial charge in [-0.1, -0.05) is 0 Å². The number of hydrogen-bond acceptors (Lipinski definition) is 2. The van der Waals surface area contributed by atoms with E-state index in [1.165, 1.54) is 0 Å². The van der Waals surface area contributed by atoms with E-state index in [-0.39, 0.29) is 0 Å². The fraction of sp³-hybridized carbons (Fsp3) is 0. The number of benzene rings is 1. The first-order chi connectivity index (χ1) is 4.70. The zero-order valence-corrected chi connectivity index (χ0v) is 7.34. The molecule has 0 saturated carbocycles. The van der Waals surface area contributed by atoms with Gasteiger partial charge in [0.2, 0.25) is 0 Å². The van der Waals surface area contributed by atoms with E-state index in [0.717, 1.165) is 0 Å². The van der Waals surface area contributed by atoms with Crippen LogP contribution in [0.4, 0.5) is 5.69 Å². The van der Waals surface area contributed by atoms with Gasteiger partial charge < -0.3 is 0 Å². The molecule has 0 aliphatic carbocycles. The van der Waals surface area contributed by atoms with Crippen molar-refractivity contribution in [1.82, 2.24) is 0 Å². The molecule has 0 aromatic heterocycles. The van der Waals surface area contributed by atoms with E-state index in [9.17, 15) is 3.74 Å². The maximum absolute atomic E-state index is 10.5. The third-order valence-electron chi connectivity index (χ3n) is 1.16. The zero-order valence-electron chi connectivity index (χ0n) is 5.24. The fourth-order valence-electron chi connectivity index (χ4n) is 0.626. The standard InChI is InChI=1S/C6H8AsNO2/c8-6-3-1-5(2-4-6)7(9)10/h1-4,7H,8H2,(H,9,10). The first kappa shape index (κ1) is 7.45. The van der Waals surface area contributed by atoms with Crippen molar-refractivity contribution in [2.45, 2.75) is 0 Å². The SMILES string of the molecule is Nc1ccc([AsH](=O)O)cc1. The van der Waals surface area contributed by atoms with Crippen molar-refractivity contribution in [1.29, 1.82) is 0 Å². The van der Waals surface area contributed by atoms with Gasteiger partial charge in [-0.05, 0) is 0 Å². The van der Waals surface area contributed by atoms with Gasteiger partial charge in [0.15, 0.2) is 0 Å².